The zero-order valence-corrected chi connectivity index (χ0v) is 45.7. The smallest absolute Gasteiger partial charge is 0.311 e. The van der Waals surface area contributed by atoms with Crippen LogP contribution in [0.1, 0.15) is 119 Å². The van der Waals surface area contributed by atoms with Crippen molar-refractivity contribution in [3.05, 3.63) is 54.1 Å². The van der Waals surface area contributed by atoms with Gasteiger partial charge in [0.05, 0.1) is 65.3 Å². The number of unbranched alkanes of at least 4 members (excludes halogenated alkanes) is 1. The lowest BCUT2D eigenvalue weighted by Crippen LogP contribution is -2.61. The van der Waals surface area contributed by atoms with Crippen LogP contribution in [0.4, 0.5) is 0 Å². The quantitative estimate of drug-likeness (QED) is 0.101. The van der Waals surface area contributed by atoms with Gasteiger partial charge in [0.1, 0.15) is 30.0 Å². The third-order valence-corrected chi connectivity index (χ3v) is 16.1. The SMILES string of the molecule is CC[C@H]1OC(=O)[C@H](C)[C@@H](O[C@H]2C[C@@](C)(OC)[C@@H](O)[C@H](C)O2)[C@H](C)[C@@H](O[C@@H]2O[C@H](C)C[C@H](N(C)CCc3cn(CCCCc4ccc(-n5ccnn5)cc4)nn3)[C@H]2O)[C@](C)(O)C[C@@H](C)CN(C)[C@H](C)[C@@H](O)[C@]1(C)O. The molecule has 0 aliphatic carbocycles. The number of hydrogen-bond donors (Lipinski definition) is 5. The van der Waals surface area contributed by atoms with Gasteiger partial charge in [0.15, 0.2) is 12.6 Å². The number of aromatic nitrogens is 6. The number of aryl methyl sites for hydroxylation is 2. The number of methoxy groups -OCH3 is 1. The molecule has 20 nitrogen and oxygen atoms in total. The second-order valence-electron chi connectivity index (χ2n) is 22.4. The van der Waals surface area contributed by atoms with Crippen molar-refractivity contribution in [2.45, 2.75) is 217 Å². The van der Waals surface area contributed by atoms with Crippen molar-refractivity contribution in [2.24, 2.45) is 17.8 Å². The first-order valence-corrected chi connectivity index (χ1v) is 26.5. The maximum atomic E-state index is 14.5. The van der Waals surface area contributed by atoms with Crippen molar-refractivity contribution < 1.29 is 58.7 Å². The largest absolute Gasteiger partial charge is 0.459 e. The molecule has 0 radical (unpaired) electrons. The second-order valence-corrected chi connectivity index (χ2v) is 22.4. The summed E-state index contributed by atoms with van der Waals surface area (Å²) in [4.78, 5) is 18.5. The van der Waals surface area contributed by atoms with Crippen LogP contribution in [0.25, 0.3) is 5.69 Å². The average Bonchev–Trinajstić information content (AvgIpc) is 4.06. The van der Waals surface area contributed by atoms with E-state index in [-0.39, 0.29) is 31.3 Å². The fourth-order valence-electron chi connectivity index (χ4n) is 11.4. The number of ether oxygens (including phenoxy) is 6. The summed E-state index contributed by atoms with van der Waals surface area (Å²) in [6.45, 7) is 19.4. The van der Waals surface area contributed by atoms with Crippen LogP contribution in [0.15, 0.2) is 42.9 Å². The number of carbonyl (C=O) groups is 1. The molecule has 73 heavy (non-hydrogen) atoms. The van der Waals surface area contributed by atoms with E-state index in [1.54, 1.807) is 52.4 Å². The van der Waals surface area contributed by atoms with Crippen molar-refractivity contribution in [1.29, 1.82) is 0 Å². The van der Waals surface area contributed by atoms with E-state index in [2.05, 4.69) is 37.7 Å². The highest BCUT2D eigenvalue weighted by molar-refractivity contribution is 5.73. The zero-order chi connectivity index (χ0) is 53.6. The van der Waals surface area contributed by atoms with Gasteiger partial charge >= 0.3 is 5.97 Å². The third-order valence-electron chi connectivity index (χ3n) is 16.1. The summed E-state index contributed by atoms with van der Waals surface area (Å²) in [5.41, 5.74) is -1.45. The molecule has 3 aliphatic rings. The van der Waals surface area contributed by atoms with Crippen molar-refractivity contribution >= 4 is 5.97 Å². The molecule has 3 aromatic rings. The molecule has 5 N–H and O–H groups in total. The normalized spacial score (nSPS) is 38.7. The Morgan fingerprint density at radius 3 is 2.29 bits per heavy atom. The van der Waals surface area contributed by atoms with Crippen LogP contribution in [0.3, 0.4) is 0 Å². The van der Waals surface area contributed by atoms with E-state index in [4.69, 9.17) is 28.4 Å². The molecular weight excluding hydrogens is 941 g/mol. The Bertz CT molecular complexity index is 2150. The molecule has 0 bridgehead atoms. The van der Waals surface area contributed by atoms with Crippen LogP contribution >= 0.6 is 0 Å². The highest BCUT2D eigenvalue weighted by Crippen LogP contribution is 2.40. The minimum absolute atomic E-state index is 0.108. The highest BCUT2D eigenvalue weighted by Gasteiger charge is 2.53. The first-order chi connectivity index (χ1) is 34.4. The molecule has 412 valence electrons. The van der Waals surface area contributed by atoms with Gasteiger partial charge < -0.3 is 63.8 Å². The summed E-state index contributed by atoms with van der Waals surface area (Å²) >= 11 is 0. The van der Waals surface area contributed by atoms with E-state index in [0.717, 1.165) is 37.2 Å². The van der Waals surface area contributed by atoms with Gasteiger partial charge in [-0.2, -0.15) is 0 Å². The second kappa shape index (κ2) is 25.1. The molecule has 6 rings (SSSR count). The summed E-state index contributed by atoms with van der Waals surface area (Å²) in [7, 11) is 5.31. The van der Waals surface area contributed by atoms with Gasteiger partial charge in [0, 0.05) is 63.8 Å². The standard InChI is InChI=1S/C53H88N8O12/c1-14-42-53(10,67)46(63)36(6)59(12)30-32(2)28-51(8,66)48(34(4)45(35(5)49(65)71-42)72-43-29-52(9,68-13)47(64)37(7)70-43)73-50-44(62)41(27-33(3)69-50)58(11)25-22-39-31-60(57-55-39)24-16-15-17-38-18-20-40(21-19-38)61-26-23-54-56-61/h18-21,23,26,31-37,41-48,50,62-64,66-67H,14-17,22,24-25,27-30H2,1-13H3/t32-,33-,34+,35-,36-,37+,41+,42-,43+,44-,45+,46-,47+,48-,50+,51-,52-,53-/m1/s1. The molecule has 0 saturated carbocycles. The molecule has 3 fully saturated rings. The van der Waals surface area contributed by atoms with E-state index in [1.807, 2.05) is 69.0 Å². The number of cyclic esters (lactones) is 1. The van der Waals surface area contributed by atoms with Gasteiger partial charge in [-0.25, -0.2) is 4.68 Å². The van der Waals surface area contributed by atoms with E-state index in [9.17, 15) is 30.3 Å². The summed E-state index contributed by atoms with van der Waals surface area (Å²) < 4.78 is 42.0. The molecule has 1 aromatic carbocycles. The molecule has 5 heterocycles. The predicted molar refractivity (Wildman–Crippen MR) is 271 cm³/mol. The van der Waals surface area contributed by atoms with Crippen LogP contribution < -0.4 is 0 Å². The lowest BCUT2D eigenvalue weighted by atomic mass is 9.77. The van der Waals surface area contributed by atoms with Crippen LogP contribution in [0.5, 0.6) is 0 Å². The number of nitrogens with zero attached hydrogens (tertiary/aromatic N) is 8. The highest BCUT2D eigenvalue weighted by atomic mass is 16.7. The number of esters is 1. The summed E-state index contributed by atoms with van der Waals surface area (Å²) in [5, 5.41) is 76.5. The van der Waals surface area contributed by atoms with Crippen molar-refractivity contribution in [3.8, 4) is 5.69 Å². The first-order valence-electron chi connectivity index (χ1n) is 26.5. The topological polar surface area (TPSA) is 242 Å². The Morgan fingerprint density at radius 2 is 1.63 bits per heavy atom. The molecule has 0 unspecified atom stereocenters. The maximum absolute atomic E-state index is 14.5. The van der Waals surface area contributed by atoms with Crippen LogP contribution in [0, 0.1) is 17.8 Å². The van der Waals surface area contributed by atoms with Crippen LogP contribution in [-0.2, 0) is 52.6 Å². The number of carbonyl (C=O) groups excluding carboxylic acids is 1. The van der Waals surface area contributed by atoms with Gasteiger partial charge in [-0.1, -0.05) is 43.3 Å². The summed E-state index contributed by atoms with van der Waals surface area (Å²) in [6.07, 6.45) is 0.0296. The molecule has 3 aliphatic heterocycles. The van der Waals surface area contributed by atoms with Crippen LogP contribution in [0.2, 0.25) is 0 Å². The third kappa shape index (κ3) is 14.3. The number of hydrogen-bond acceptors (Lipinski definition) is 18. The minimum Gasteiger partial charge on any atom is -0.459 e. The number of rotatable bonds is 16. The molecule has 18 atom stereocenters. The molecule has 2 aromatic heterocycles. The Kier molecular flexibility index (Phi) is 20.2. The lowest BCUT2D eigenvalue weighted by Gasteiger charge is -2.49. The number of benzene rings is 1. The van der Waals surface area contributed by atoms with E-state index >= 15 is 0 Å². The Balaban J connectivity index is 1.19. The molecular formula is C53H88N8O12. The number of aliphatic hydroxyl groups excluding tert-OH is 3. The van der Waals surface area contributed by atoms with E-state index in [1.165, 1.54) is 19.6 Å². The van der Waals surface area contributed by atoms with Crippen molar-refractivity contribution in [1.82, 2.24) is 39.8 Å². The number of aliphatic hydroxyl groups is 5. The van der Waals surface area contributed by atoms with E-state index < -0.39 is 102 Å². The molecule has 3 saturated heterocycles. The predicted octanol–water partition coefficient (Wildman–Crippen LogP) is 3.71. The number of likely N-dealkylation sites (N-methyl/N-ethyl adjacent to an activating group) is 2. The molecule has 0 spiro atoms. The zero-order valence-electron chi connectivity index (χ0n) is 45.7. The van der Waals surface area contributed by atoms with Crippen molar-refractivity contribution in [2.75, 3.05) is 34.3 Å². The van der Waals surface area contributed by atoms with E-state index in [0.29, 0.717) is 25.9 Å². The molecule has 0 amide bonds. The minimum atomic E-state index is -1.83. The van der Waals surface area contributed by atoms with Gasteiger partial charge in [-0.05, 0) is 125 Å². The Morgan fingerprint density at radius 1 is 0.918 bits per heavy atom. The fraction of sp³-hybridized carbons (Fsp3) is 0.792. The lowest BCUT2D eigenvalue weighted by molar-refractivity contribution is -0.318. The van der Waals surface area contributed by atoms with Crippen molar-refractivity contribution in [3.63, 3.8) is 0 Å². The van der Waals surface area contributed by atoms with Gasteiger partial charge in [-0.15, -0.1) is 10.2 Å². The summed E-state index contributed by atoms with van der Waals surface area (Å²) in [6, 6.07) is 7.37. The fourth-order valence-corrected chi connectivity index (χ4v) is 11.4. The van der Waals surface area contributed by atoms with Crippen LogP contribution in [-0.4, -0.2) is 196 Å². The summed E-state index contributed by atoms with van der Waals surface area (Å²) in [5.74, 6) is -2.75. The average molecular weight is 1030 g/mol. The van der Waals surface area contributed by atoms with Gasteiger partial charge in [0.2, 0.25) is 0 Å². The first kappa shape index (κ1) is 58.7. The monoisotopic (exact) mass is 1030 g/mol. The van der Waals surface area contributed by atoms with Gasteiger partial charge in [-0.3, -0.25) is 9.48 Å². The Labute approximate surface area is 432 Å². The van der Waals surface area contributed by atoms with Gasteiger partial charge in [0.25, 0.3) is 0 Å². The Hall–Kier alpha value is -3.51. The molecule has 20 heteroatoms. The maximum Gasteiger partial charge on any atom is 0.311 e.